The Morgan fingerprint density at radius 2 is 1.86 bits per heavy atom. The highest BCUT2D eigenvalue weighted by atomic mass is 16.6. The standard InChI is InChI=1S/C8H17N3O3/c1-8(2,3)14-7(13)10-4-6(12)5-11-9/h11H,4-5,9H2,1-3H3,(H,10,13). The normalized spacial score (nSPS) is 10.9. The molecule has 6 heteroatoms. The molecule has 0 unspecified atom stereocenters. The first-order valence-corrected chi connectivity index (χ1v) is 4.27. The highest BCUT2D eigenvalue weighted by Gasteiger charge is 2.16. The van der Waals surface area contributed by atoms with E-state index in [2.05, 4.69) is 10.7 Å². The molecule has 1 amide bonds. The van der Waals surface area contributed by atoms with Crippen LogP contribution >= 0.6 is 0 Å². The van der Waals surface area contributed by atoms with Gasteiger partial charge in [0.25, 0.3) is 0 Å². The van der Waals surface area contributed by atoms with Crippen molar-refractivity contribution in [3.63, 3.8) is 0 Å². The predicted octanol–water partition coefficient (Wildman–Crippen LogP) is -0.456. The molecule has 0 spiro atoms. The zero-order chi connectivity index (χ0) is 11.2. The molecule has 0 aliphatic rings. The lowest BCUT2D eigenvalue weighted by molar-refractivity contribution is -0.117. The smallest absolute Gasteiger partial charge is 0.408 e. The molecule has 4 N–H and O–H groups in total. The minimum atomic E-state index is -0.608. The van der Waals surface area contributed by atoms with Gasteiger partial charge in [-0.1, -0.05) is 0 Å². The number of hydrogen-bond acceptors (Lipinski definition) is 5. The van der Waals surface area contributed by atoms with Crippen molar-refractivity contribution in [2.45, 2.75) is 26.4 Å². The van der Waals surface area contributed by atoms with Crippen molar-refractivity contribution in [1.82, 2.24) is 10.7 Å². The molecule has 0 fully saturated rings. The fraction of sp³-hybridized carbons (Fsp3) is 0.750. The summed E-state index contributed by atoms with van der Waals surface area (Å²) in [6.07, 6.45) is -0.608. The number of ketones is 1. The zero-order valence-corrected chi connectivity index (χ0v) is 8.72. The van der Waals surface area contributed by atoms with Gasteiger partial charge in [-0.15, -0.1) is 0 Å². The lowest BCUT2D eigenvalue weighted by atomic mass is 10.2. The first-order chi connectivity index (χ1) is 6.35. The van der Waals surface area contributed by atoms with Gasteiger partial charge in [-0.25, -0.2) is 4.79 Å². The van der Waals surface area contributed by atoms with Gasteiger partial charge in [0, 0.05) is 0 Å². The Labute approximate surface area is 83.1 Å². The predicted molar refractivity (Wildman–Crippen MR) is 51.4 cm³/mol. The number of amides is 1. The van der Waals surface area contributed by atoms with Gasteiger partial charge in [-0.05, 0) is 20.8 Å². The van der Waals surface area contributed by atoms with Crippen molar-refractivity contribution in [2.75, 3.05) is 13.1 Å². The van der Waals surface area contributed by atoms with Crippen LogP contribution in [0.1, 0.15) is 20.8 Å². The molecule has 0 aromatic carbocycles. The van der Waals surface area contributed by atoms with E-state index in [1.807, 2.05) is 0 Å². The maximum atomic E-state index is 11.0. The molecule has 0 atom stereocenters. The average molecular weight is 203 g/mol. The second kappa shape index (κ2) is 5.56. The van der Waals surface area contributed by atoms with Crippen LogP contribution in [-0.2, 0) is 9.53 Å². The maximum Gasteiger partial charge on any atom is 0.408 e. The Morgan fingerprint density at radius 3 is 2.29 bits per heavy atom. The molecule has 6 nitrogen and oxygen atoms in total. The third kappa shape index (κ3) is 7.51. The first kappa shape index (κ1) is 12.9. The van der Waals surface area contributed by atoms with E-state index in [0.717, 1.165) is 0 Å². The van der Waals surface area contributed by atoms with Crippen LogP contribution < -0.4 is 16.6 Å². The second-order valence-corrected chi connectivity index (χ2v) is 3.78. The number of hydrogen-bond donors (Lipinski definition) is 3. The van der Waals surface area contributed by atoms with Crippen LogP contribution in [-0.4, -0.2) is 30.6 Å². The van der Waals surface area contributed by atoms with Gasteiger partial charge in [-0.3, -0.25) is 16.1 Å². The second-order valence-electron chi connectivity index (χ2n) is 3.78. The molecule has 0 saturated heterocycles. The molecule has 0 bridgehead atoms. The summed E-state index contributed by atoms with van der Waals surface area (Å²) in [5.41, 5.74) is 1.64. The Balaban J connectivity index is 3.70. The lowest BCUT2D eigenvalue weighted by Gasteiger charge is -2.19. The number of Topliss-reactive ketones (excluding diaryl/α,β-unsaturated/α-hetero) is 1. The quantitative estimate of drug-likeness (QED) is 0.425. The van der Waals surface area contributed by atoms with E-state index in [1.54, 1.807) is 20.8 Å². The number of carbonyl (C=O) groups is 2. The van der Waals surface area contributed by atoms with E-state index in [4.69, 9.17) is 10.6 Å². The highest BCUT2D eigenvalue weighted by molar-refractivity contribution is 5.85. The molecule has 0 saturated carbocycles. The topological polar surface area (TPSA) is 93.4 Å². The molecule has 0 aliphatic heterocycles. The van der Waals surface area contributed by atoms with Crippen molar-refractivity contribution < 1.29 is 14.3 Å². The number of rotatable bonds is 4. The van der Waals surface area contributed by atoms with E-state index in [9.17, 15) is 9.59 Å². The minimum Gasteiger partial charge on any atom is -0.444 e. The fourth-order valence-corrected chi connectivity index (χ4v) is 0.661. The van der Waals surface area contributed by atoms with Gasteiger partial charge < -0.3 is 10.1 Å². The zero-order valence-electron chi connectivity index (χ0n) is 8.72. The van der Waals surface area contributed by atoms with Crippen molar-refractivity contribution in [1.29, 1.82) is 0 Å². The van der Waals surface area contributed by atoms with E-state index in [1.165, 1.54) is 0 Å². The number of alkyl carbamates (subject to hydrolysis) is 1. The molecular formula is C8H17N3O3. The molecule has 0 radical (unpaired) electrons. The van der Waals surface area contributed by atoms with Crippen molar-refractivity contribution in [3.05, 3.63) is 0 Å². The molecule has 0 aromatic heterocycles. The van der Waals surface area contributed by atoms with Gasteiger partial charge in [-0.2, -0.15) is 0 Å². The molecule has 0 rings (SSSR count). The summed E-state index contributed by atoms with van der Waals surface area (Å²) in [5.74, 6) is 4.71. The molecule has 0 aliphatic carbocycles. The summed E-state index contributed by atoms with van der Waals surface area (Å²) in [5, 5.41) is 2.32. The van der Waals surface area contributed by atoms with Crippen LogP contribution in [0, 0.1) is 0 Å². The summed E-state index contributed by atoms with van der Waals surface area (Å²) < 4.78 is 4.91. The van der Waals surface area contributed by atoms with E-state index < -0.39 is 11.7 Å². The summed E-state index contributed by atoms with van der Waals surface area (Å²) in [6.45, 7) is 5.18. The van der Waals surface area contributed by atoms with E-state index in [0.29, 0.717) is 0 Å². The SMILES string of the molecule is CC(C)(C)OC(=O)NCC(=O)CNN. The van der Waals surface area contributed by atoms with Crippen molar-refractivity contribution in [2.24, 2.45) is 5.84 Å². The molecule has 0 heterocycles. The van der Waals surface area contributed by atoms with E-state index in [-0.39, 0.29) is 18.9 Å². The molecule has 14 heavy (non-hydrogen) atoms. The maximum absolute atomic E-state index is 11.0. The summed E-state index contributed by atoms with van der Waals surface area (Å²) >= 11 is 0. The molecule has 82 valence electrons. The summed E-state index contributed by atoms with van der Waals surface area (Å²) in [6, 6.07) is 0. The number of nitrogens with two attached hydrogens (primary N) is 1. The van der Waals surface area contributed by atoms with Crippen molar-refractivity contribution in [3.8, 4) is 0 Å². The lowest BCUT2D eigenvalue weighted by Crippen LogP contribution is -2.39. The monoisotopic (exact) mass is 203 g/mol. The van der Waals surface area contributed by atoms with E-state index >= 15 is 0 Å². The average Bonchev–Trinajstić information content (AvgIpc) is 1.98. The largest absolute Gasteiger partial charge is 0.444 e. The van der Waals surface area contributed by atoms with Crippen LogP contribution in [0.4, 0.5) is 4.79 Å². The van der Waals surface area contributed by atoms with Gasteiger partial charge >= 0.3 is 6.09 Å². The highest BCUT2D eigenvalue weighted by Crippen LogP contribution is 2.05. The Kier molecular flexibility index (Phi) is 5.11. The summed E-state index contributed by atoms with van der Waals surface area (Å²) in [4.78, 5) is 21.9. The van der Waals surface area contributed by atoms with Gasteiger partial charge in [0.05, 0.1) is 13.1 Å². The third-order valence-electron chi connectivity index (χ3n) is 1.13. The van der Waals surface area contributed by atoms with Crippen LogP contribution in [0.15, 0.2) is 0 Å². The van der Waals surface area contributed by atoms with Crippen LogP contribution in [0.3, 0.4) is 0 Å². The molecular weight excluding hydrogens is 186 g/mol. The van der Waals surface area contributed by atoms with Gasteiger partial charge in [0.15, 0.2) is 5.78 Å². The first-order valence-electron chi connectivity index (χ1n) is 4.27. The van der Waals surface area contributed by atoms with Crippen LogP contribution in [0.25, 0.3) is 0 Å². The fourth-order valence-electron chi connectivity index (χ4n) is 0.661. The number of hydrazine groups is 1. The number of nitrogens with one attached hydrogen (secondary N) is 2. The minimum absolute atomic E-state index is 0.0236. The van der Waals surface area contributed by atoms with Crippen LogP contribution in [0.5, 0.6) is 0 Å². The van der Waals surface area contributed by atoms with Gasteiger partial charge in [0.1, 0.15) is 5.60 Å². The summed E-state index contributed by atoms with van der Waals surface area (Å²) in [7, 11) is 0. The molecule has 0 aromatic rings. The van der Waals surface area contributed by atoms with Crippen LogP contribution in [0.2, 0.25) is 0 Å². The van der Waals surface area contributed by atoms with Gasteiger partial charge in [0.2, 0.25) is 0 Å². The Hall–Kier alpha value is -1.14. The third-order valence-corrected chi connectivity index (χ3v) is 1.13. The number of ether oxygens (including phenoxy) is 1. The van der Waals surface area contributed by atoms with Crippen molar-refractivity contribution >= 4 is 11.9 Å². The Bertz CT molecular complexity index is 210. The Morgan fingerprint density at radius 1 is 1.29 bits per heavy atom. The number of carbonyl (C=O) groups excluding carboxylic acids is 2.